The molecule has 0 radical (unpaired) electrons. The van der Waals surface area contributed by atoms with Crippen LogP contribution in [-0.2, 0) is 13.6 Å². The third kappa shape index (κ3) is 2.18. The second-order valence-electron chi connectivity index (χ2n) is 5.81. The summed E-state index contributed by atoms with van der Waals surface area (Å²) in [5.41, 5.74) is 3.88. The molecule has 4 nitrogen and oxygen atoms in total. The number of nitrogens with zero attached hydrogens (tertiary/aromatic N) is 2. The molecule has 0 N–H and O–H groups in total. The molecular formula is C19H18N2O2. The molecule has 23 heavy (non-hydrogen) atoms. The third-order valence-corrected chi connectivity index (χ3v) is 4.38. The number of carbonyl (C=O) groups excluding carboxylic acids is 1. The summed E-state index contributed by atoms with van der Waals surface area (Å²) in [5.74, 6) is 0.789. The lowest BCUT2D eigenvalue weighted by molar-refractivity contribution is 0.0996. The lowest BCUT2D eigenvalue weighted by Gasteiger charge is -2.16. The first-order valence-electron chi connectivity index (χ1n) is 7.80. The van der Waals surface area contributed by atoms with E-state index in [1.807, 2.05) is 49.3 Å². The summed E-state index contributed by atoms with van der Waals surface area (Å²) < 4.78 is 7.58. The normalized spacial score (nSPS) is 13.7. The van der Waals surface area contributed by atoms with Gasteiger partial charge in [0.25, 0.3) is 5.91 Å². The molecule has 4 rings (SSSR count). The van der Waals surface area contributed by atoms with Gasteiger partial charge >= 0.3 is 0 Å². The molecule has 116 valence electrons. The van der Waals surface area contributed by atoms with Gasteiger partial charge in [0.2, 0.25) is 0 Å². The highest BCUT2D eigenvalue weighted by Gasteiger charge is 2.29. The van der Waals surface area contributed by atoms with Crippen molar-refractivity contribution in [2.45, 2.75) is 13.5 Å². The molecule has 3 aromatic rings. The summed E-state index contributed by atoms with van der Waals surface area (Å²) in [6.45, 7) is 3.15. The Morgan fingerprint density at radius 3 is 2.83 bits per heavy atom. The van der Waals surface area contributed by atoms with Crippen LogP contribution in [0.2, 0.25) is 0 Å². The maximum atomic E-state index is 12.8. The van der Waals surface area contributed by atoms with Crippen LogP contribution in [-0.4, -0.2) is 17.1 Å². The van der Waals surface area contributed by atoms with Crippen LogP contribution in [0.15, 0.2) is 48.7 Å². The van der Waals surface area contributed by atoms with Crippen LogP contribution in [0.3, 0.4) is 0 Å². The summed E-state index contributed by atoms with van der Waals surface area (Å²) in [4.78, 5) is 14.6. The van der Waals surface area contributed by atoms with Gasteiger partial charge in [-0.25, -0.2) is 0 Å². The van der Waals surface area contributed by atoms with E-state index in [9.17, 15) is 4.79 Å². The SMILES string of the molecule is CCOc1ccc2c(c1)C(=O)N(c1ccc3c(ccn3C)c1)C2. The van der Waals surface area contributed by atoms with Crippen molar-refractivity contribution in [2.24, 2.45) is 7.05 Å². The molecule has 0 saturated carbocycles. The first kappa shape index (κ1) is 13.9. The van der Waals surface area contributed by atoms with Crippen LogP contribution in [0.25, 0.3) is 10.9 Å². The first-order valence-corrected chi connectivity index (χ1v) is 7.80. The Hall–Kier alpha value is -2.75. The molecule has 0 atom stereocenters. The van der Waals surface area contributed by atoms with E-state index in [-0.39, 0.29) is 5.91 Å². The quantitative estimate of drug-likeness (QED) is 0.739. The van der Waals surface area contributed by atoms with Crippen molar-refractivity contribution in [3.63, 3.8) is 0 Å². The van der Waals surface area contributed by atoms with E-state index in [1.54, 1.807) is 0 Å². The van der Waals surface area contributed by atoms with E-state index in [4.69, 9.17) is 4.74 Å². The van der Waals surface area contributed by atoms with Crippen molar-refractivity contribution in [1.82, 2.24) is 4.57 Å². The maximum Gasteiger partial charge on any atom is 0.259 e. The number of carbonyl (C=O) groups is 1. The van der Waals surface area contributed by atoms with Gasteiger partial charge in [-0.1, -0.05) is 6.07 Å². The van der Waals surface area contributed by atoms with Crippen LogP contribution in [0.4, 0.5) is 5.69 Å². The number of hydrogen-bond donors (Lipinski definition) is 0. The molecule has 2 aromatic carbocycles. The van der Waals surface area contributed by atoms with E-state index in [1.165, 1.54) is 0 Å². The van der Waals surface area contributed by atoms with Gasteiger partial charge in [-0.2, -0.15) is 0 Å². The van der Waals surface area contributed by atoms with E-state index in [0.29, 0.717) is 13.2 Å². The molecule has 0 unspecified atom stereocenters. The Morgan fingerprint density at radius 2 is 2.00 bits per heavy atom. The second kappa shape index (κ2) is 5.16. The van der Waals surface area contributed by atoms with Crippen molar-refractivity contribution in [2.75, 3.05) is 11.5 Å². The monoisotopic (exact) mass is 306 g/mol. The number of ether oxygens (including phenoxy) is 1. The number of benzene rings is 2. The van der Waals surface area contributed by atoms with Gasteiger partial charge in [0.15, 0.2) is 0 Å². The number of fused-ring (bicyclic) bond motifs is 2. The zero-order valence-corrected chi connectivity index (χ0v) is 13.2. The standard InChI is InChI=1S/C19H18N2O2/c1-3-23-16-6-4-14-12-21(19(22)17(14)11-16)15-5-7-18-13(10-15)8-9-20(18)2/h4-11H,3,12H2,1-2H3. The number of amides is 1. The van der Waals surface area contributed by atoms with Crippen LogP contribution in [0.1, 0.15) is 22.8 Å². The lowest BCUT2D eigenvalue weighted by Crippen LogP contribution is -2.22. The Kier molecular flexibility index (Phi) is 3.11. The topological polar surface area (TPSA) is 34.5 Å². The maximum absolute atomic E-state index is 12.8. The second-order valence-corrected chi connectivity index (χ2v) is 5.81. The van der Waals surface area contributed by atoms with Crippen molar-refractivity contribution in [3.8, 4) is 5.75 Å². The molecule has 0 saturated heterocycles. The number of aryl methyl sites for hydroxylation is 1. The van der Waals surface area contributed by atoms with Crippen LogP contribution in [0.5, 0.6) is 5.75 Å². The van der Waals surface area contributed by atoms with Gasteiger partial charge in [-0.3, -0.25) is 4.79 Å². The fourth-order valence-electron chi connectivity index (χ4n) is 3.18. The summed E-state index contributed by atoms with van der Waals surface area (Å²) in [6.07, 6.45) is 2.03. The largest absolute Gasteiger partial charge is 0.494 e. The van der Waals surface area contributed by atoms with Gasteiger partial charge in [-0.15, -0.1) is 0 Å². The average molecular weight is 306 g/mol. The van der Waals surface area contributed by atoms with Gasteiger partial charge in [0, 0.05) is 35.4 Å². The van der Waals surface area contributed by atoms with Crippen molar-refractivity contribution < 1.29 is 9.53 Å². The third-order valence-electron chi connectivity index (χ3n) is 4.38. The minimum atomic E-state index is 0.0387. The minimum absolute atomic E-state index is 0.0387. The molecule has 0 fully saturated rings. The van der Waals surface area contributed by atoms with E-state index in [2.05, 4.69) is 22.8 Å². The van der Waals surface area contributed by atoms with E-state index >= 15 is 0 Å². The molecular weight excluding hydrogens is 288 g/mol. The minimum Gasteiger partial charge on any atom is -0.494 e. The van der Waals surface area contributed by atoms with Gasteiger partial charge in [-0.05, 0) is 48.9 Å². The van der Waals surface area contributed by atoms with Crippen molar-refractivity contribution in [3.05, 3.63) is 59.8 Å². The van der Waals surface area contributed by atoms with Crippen molar-refractivity contribution >= 4 is 22.5 Å². The first-order chi connectivity index (χ1) is 11.2. The molecule has 1 aromatic heterocycles. The summed E-state index contributed by atoms with van der Waals surface area (Å²) >= 11 is 0. The highest BCUT2D eigenvalue weighted by Crippen LogP contribution is 2.32. The Morgan fingerprint density at radius 1 is 1.13 bits per heavy atom. The smallest absolute Gasteiger partial charge is 0.259 e. The van der Waals surface area contributed by atoms with Crippen LogP contribution >= 0.6 is 0 Å². The molecule has 0 spiro atoms. The summed E-state index contributed by atoms with van der Waals surface area (Å²) in [7, 11) is 2.02. The summed E-state index contributed by atoms with van der Waals surface area (Å²) in [5, 5.41) is 1.14. The van der Waals surface area contributed by atoms with Gasteiger partial charge < -0.3 is 14.2 Å². The number of rotatable bonds is 3. The predicted octanol–water partition coefficient (Wildman–Crippen LogP) is 3.74. The Labute approximate surface area is 134 Å². The fraction of sp³-hybridized carbons (Fsp3) is 0.211. The molecule has 1 aliphatic rings. The number of anilines is 1. The van der Waals surface area contributed by atoms with Gasteiger partial charge in [0.1, 0.15) is 5.75 Å². The molecule has 0 bridgehead atoms. The molecule has 2 heterocycles. The number of hydrogen-bond acceptors (Lipinski definition) is 2. The average Bonchev–Trinajstić information content (AvgIpc) is 3.09. The molecule has 1 amide bonds. The van der Waals surface area contributed by atoms with E-state index in [0.717, 1.165) is 33.5 Å². The fourth-order valence-corrected chi connectivity index (χ4v) is 3.18. The zero-order chi connectivity index (χ0) is 16.0. The zero-order valence-electron chi connectivity index (χ0n) is 13.2. The predicted molar refractivity (Wildman–Crippen MR) is 91.0 cm³/mol. The Bertz CT molecular complexity index is 911. The molecule has 4 heteroatoms. The van der Waals surface area contributed by atoms with E-state index < -0.39 is 0 Å². The highest BCUT2D eigenvalue weighted by atomic mass is 16.5. The lowest BCUT2D eigenvalue weighted by atomic mass is 10.1. The summed E-state index contributed by atoms with van der Waals surface area (Å²) in [6, 6.07) is 14.0. The van der Waals surface area contributed by atoms with Crippen LogP contribution in [0, 0.1) is 0 Å². The number of aromatic nitrogens is 1. The molecule has 1 aliphatic heterocycles. The van der Waals surface area contributed by atoms with Crippen molar-refractivity contribution in [1.29, 1.82) is 0 Å². The van der Waals surface area contributed by atoms with Gasteiger partial charge in [0.05, 0.1) is 13.2 Å². The highest BCUT2D eigenvalue weighted by molar-refractivity contribution is 6.10. The van der Waals surface area contributed by atoms with Crippen LogP contribution < -0.4 is 9.64 Å². The Balaban J connectivity index is 1.71. The molecule has 0 aliphatic carbocycles.